The molecule has 1 heterocycles. The lowest BCUT2D eigenvalue weighted by Gasteiger charge is -2.08. The van der Waals surface area contributed by atoms with Crippen LogP contribution in [0.3, 0.4) is 0 Å². The van der Waals surface area contributed by atoms with E-state index in [0.29, 0.717) is 28.0 Å². The number of carbonyl (C=O) groups is 1. The van der Waals surface area contributed by atoms with Gasteiger partial charge in [-0.15, -0.1) is 0 Å². The molecule has 0 bridgehead atoms. The number of rotatable bonds is 4. The first-order chi connectivity index (χ1) is 11.3. The van der Waals surface area contributed by atoms with Crippen molar-refractivity contribution in [3.63, 3.8) is 0 Å². The Morgan fingerprint density at radius 2 is 1.71 bits per heavy atom. The quantitative estimate of drug-likeness (QED) is 0.725. The van der Waals surface area contributed by atoms with E-state index in [9.17, 15) is 13.2 Å². The molecular weight excluding hydrogens is 326 g/mol. The van der Waals surface area contributed by atoms with Gasteiger partial charge in [0, 0.05) is 11.5 Å². The summed E-state index contributed by atoms with van der Waals surface area (Å²) in [5.74, 6) is 0.440. The first kappa shape index (κ1) is 16.3. The van der Waals surface area contributed by atoms with Gasteiger partial charge in [0.1, 0.15) is 11.3 Å². The Labute approximate surface area is 140 Å². The molecule has 2 aromatic carbocycles. The van der Waals surface area contributed by atoms with Gasteiger partial charge in [0.15, 0.2) is 5.78 Å². The molecule has 0 saturated carbocycles. The molecule has 0 aliphatic heterocycles. The van der Waals surface area contributed by atoms with Crippen molar-refractivity contribution in [2.24, 2.45) is 0 Å². The Balaban J connectivity index is 1.98. The van der Waals surface area contributed by atoms with E-state index >= 15 is 0 Å². The first-order valence-electron chi connectivity index (χ1n) is 7.41. The van der Waals surface area contributed by atoms with E-state index < -0.39 is 10.0 Å². The number of hydrogen-bond donors (Lipinski definition) is 1. The number of sulfonamides is 1. The number of carbonyl (C=O) groups excluding carboxylic acids is 1. The van der Waals surface area contributed by atoms with Gasteiger partial charge in [-0.2, -0.15) is 0 Å². The molecule has 24 heavy (non-hydrogen) atoms. The summed E-state index contributed by atoms with van der Waals surface area (Å²) in [5, 5.41) is 0.679. The van der Waals surface area contributed by atoms with Gasteiger partial charge in [-0.1, -0.05) is 17.7 Å². The zero-order valence-corrected chi connectivity index (χ0v) is 14.4. The van der Waals surface area contributed by atoms with Gasteiger partial charge in [-0.05, 0) is 45.0 Å². The van der Waals surface area contributed by atoms with Crippen molar-refractivity contribution in [3.8, 4) is 0 Å². The number of benzene rings is 2. The second-order valence-electron chi connectivity index (χ2n) is 5.72. The summed E-state index contributed by atoms with van der Waals surface area (Å²) in [6.45, 7) is 5.09. The largest absolute Gasteiger partial charge is 0.461 e. The number of nitrogens with one attached hydrogen (secondary N) is 1. The maximum absolute atomic E-state index is 12.4. The molecule has 0 aliphatic carbocycles. The van der Waals surface area contributed by atoms with E-state index in [2.05, 4.69) is 4.72 Å². The average molecular weight is 343 g/mol. The molecule has 5 nitrogen and oxygen atoms in total. The minimum Gasteiger partial charge on any atom is -0.461 e. The topological polar surface area (TPSA) is 76.4 Å². The summed E-state index contributed by atoms with van der Waals surface area (Å²) in [5.41, 5.74) is 2.37. The molecule has 0 radical (unpaired) electrons. The molecular formula is C18H17NO4S. The Hall–Kier alpha value is -2.60. The van der Waals surface area contributed by atoms with Gasteiger partial charge in [-0.3, -0.25) is 9.52 Å². The van der Waals surface area contributed by atoms with E-state index in [-0.39, 0.29) is 10.7 Å². The Morgan fingerprint density at radius 3 is 2.33 bits per heavy atom. The molecule has 3 rings (SSSR count). The molecule has 0 atom stereocenters. The SMILES string of the molecule is CC(=O)c1c(C)oc2cc(NS(=O)(=O)c3ccc(C)cc3)ccc12. The lowest BCUT2D eigenvalue weighted by molar-refractivity contribution is 0.101. The van der Waals surface area contributed by atoms with Gasteiger partial charge >= 0.3 is 0 Å². The highest BCUT2D eigenvalue weighted by molar-refractivity contribution is 7.92. The average Bonchev–Trinajstić information content (AvgIpc) is 2.82. The van der Waals surface area contributed by atoms with Crippen LogP contribution in [0.15, 0.2) is 51.8 Å². The van der Waals surface area contributed by atoms with Crippen molar-refractivity contribution in [2.45, 2.75) is 25.7 Å². The molecule has 1 aromatic heterocycles. The maximum Gasteiger partial charge on any atom is 0.261 e. The van der Waals surface area contributed by atoms with E-state index in [0.717, 1.165) is 5.56 Å². The summed E-state index contributed by atoms with van der Waals surface area (Å²) < 4.78 is 33.0. The summed E-state index contributed by atoms with van der Waals surface area (Å²) in [6.07, 6.45) is 0. The summed E-state index contributed by atoms with van der Waals surface area (Å²) in [4.78, 5) is 11.9. The van der Waals surface area contributed by atoms with Crippen LogP contribution in [0.2, 0.25) is 0 Å². The monoisotopic (exact) mass is 343 g/mol. The highest BCUT2D eigenvalue weighted by Gasteiger charge is 2.17. The third-order valence-corrected chi connectivity index (χ3v) is 5.20. The van der Waals surface area contributed by atoms with E-state index in [1.807, 2.05) is 6.92 Å². The molecule has 0 amide bonds. The number of ketones is 1. The van der Waals surface area contributed by atoms with Gasteiger partial charge < -0.3 is 4.42 Å². The number of hydrogen-bond acceptors (Lipinski definition) is 4. The molecule has 0 aliphatic rings. The number of furan rings is 1. The standard InChI is InChI=1S/C18H17NO4S/c1-11-4-7-15(8-5-11)24(21,22)19-14-6-9-16-17(10-14)23-13(3)18(16)12(2)20/h4-10,19H,1-3H3. The van der Waals surface area contributed by atoms with Crippen molar-refractivity contribution < 1.29 is 17.6 Å². The lowest BCUT2D eigenvalue weighted by Crippen LogP contribution is -2.12. The molecule has 1 N–H and O–H groups in total. The summed E-state index contributed by atoms with van der Waals surface area (Å²) in [6, 6.07) is 11.5. The smallest absolute Gasteiger partial charge is 0.261 e. The van der Waals surface area contributed by atoms with Crippen molar-refractivity contribution in [3.05, 3.63) is 59.4 Å². The number of Topliss-reactive ketones (excluding diaryl/α,β-unsaturated/α-hetero) is 1. The van der Waals surface area contributed by atoms with Crippen molar-refractivity contribution in [1.82, 2.24) is 0 Å². The fraction of sp³-hybridized carbons (Fsp3) is 0.167. The Bertz CT molecular complexity index is 1030. The van der Waals surface area contributed by atoms with Crippen LogP contribution in [0, 0.1) is 13.8 Å². The molecule has 0 spiro atoms. The fourth-order valence-corrected chi connectivity index (χ4v) is 3.70. The van der Waals surface area contributed by atoms with Crippen LogP contribution >= 0.6 is 0 Å². The van der Waals surface area contributed by atoms with Crippen LogP contribution in [-0.2, 0) is 10.0 Å². The van der Waals surface area contributed by atoms with E-state index in [1.165, 1.54) is 6.92 Å². The van der Waals surface area contributed by atoms with E-state index in [4.69, 9.17) is 4.42 Å². The first-order valence-corrected chi connectivity index (χ1v) is 8.90. The summed E-state index contributed by atoms with van der Waals surface area (Å²) >= 11 is 0. The maximum atomic E-state index is 12.4. The van der Waals surface area contributed by atoms with Gasteiger partial charge in [0.2, 0.25) is 0 Å². The second kappa shape index (κ2) is 5.79. The Morgan fingerprint density at radius 1 is 1.04 bits per heavy atom. The van der Waals surface area contributed by atoms with Crippen LogP contribution in [0.4, 0.5) is 5.69 Å². The van der Waals surface area contributed by atoms with Crippen LogP contribution < -0.4 is 4.72 Å². The van der Waals surface area contributed by atoms with Crippen LogP contribution in [0.25, 0.3) is 11.0 Å². The van der Waals surface area contributed by atoms with Crippen LogP contribution in [0.5, 0.6) is 0 Å². The molecule has 0 unspecified atom stereocenters. The number of aryl methyl sites for hydroxylation is 2. The normalized spacial score (nSPS) is 11.6. The highest BCUT2D eigenvalue weighted by Crippen LogP contribution is 2.29. The lowest BCUT2D eigenvalue weighted by atomic mass is 10.1. The van der Waals surface area contributed by atoms with Gasteiger partial charge in [-0.25, -0.2) is 8.42 Å². The third-order valence-electron chi connectivity index (χ3n) is 3.80. The zero-order chi connectivity index (χ0) is 17.5. The predicted molar refractivity (Wildman–Crippen MR) is 92.9 cm³/mol. The molecule has 3 aromatic rings. The van der Waals surface area contributed by atoms with Crippen LogP contribution in [0.1, 0.15) is 28.6 Å². The van der Waals surface area contributed by atoms with Crippen LogP contribution in [-0.4, -0.2) is 14.2 Å². The van der Waals surface area contributed by atoms with Crippen molar-refractivity contribution in [1.29, 1.82) is 0 Å². The summed E-state index contributed by atoms with van der Waals surface area (Å²) in [7, 11) is -3.68. The van der Waals surface area contributed by atoms with Crippen molar-refractivity contribution in [2.75, 3.05) is 4.72 Å². The molecule has 124 valence electrons. The second-order valence-corrected chi connectivity index (χ2v) is 7.40. The third kappa shape index (κ3) is 2.92. The Kier molecular flexibility index (Phi) is 3.93. The zero-order valence-electron chi connectivity index (χ0n) is 13.6. The molecule has 0 saturated heterocycles. The molecule has 6 heteroatoms. The van der Waals surface area contributed by atoms with Gasteiger partial charge in [0.25, 0.3) is 10.0 Å². The van der Waals surface area contributed by atoms with E-state index in [1.54, 1.807) is 49.4 Å². The molecule has 0 fully saturated rings. The fourth-order valence-electron chi connectivity index (χ4n) is 2.65. The minimum atomic E-state index is -3.68. The van der Waals surface area contributed by atoms with Crippen molar-refractivity contribution >= 4 is 32.5 Å². The van der Waals surface area contributed by atoms with Gasteiger partial charge in [0.05, 0.1) is 16.1 Å². The number of anilines is 1. The number of fused-ring (bicyclic) bond motifs is 1. The highest BCUT2D eigenvalue weighted by atomic mass is 32.2. The minimum absolute atomic E-state index is 0.0840. The predicted octanol–water partition coefficient (Wildman–Crippen LogP) is 4.05.